The molecule has 14 heteroatoms. The smallest absolute Gasteiger partial charge is 0.383 e. The summed E-state index contributed by atoms with van der Waals surface area (Å²) in [4.78, 5) is 4.12. The van der Waals surface area contributed by atoms with Gasteiger partial charge >= 0.3 is 6.18 Å². The Morgan fingerprint density at radius 1 is 1.12 bits per heavy atom. The molecular formula is C18H12ClF3N6O2S2. The van der Waals surface area contributed by atoms with E-state index in [2.05, 4.69) is 20.3 Å². The largest absolute Gasteiger partial charge is 0.416 e. The van der Waals surface area contributed by atoms with Crippen LogP contribution in [0.2, 0.25) is 5.02 Å². The second-order valence-corrected chi connectivity index (χ2v) is 10.0. The molecule has 32 heavy (non-hydrogen) atoms. The summed E-state index contributed by atoms with van der Waals surface area (Å²) in [6.45, 7) is 0. The number of benzene rings is 1. The first-order valence-corrected chi connectivity index (χ1v) is 11.6. The van der Waals surface area contributed by atoms with Gasteiger partial charge in [-0.25, -0.2) is 13.4 Å². The molecule has 4 aromatic rings. The van der Waals surface area contributed by atoms with Crippen LogP contribution in [0.15, 0.2) is 53.1 Å². The second-order valence-electron chi connectivity index (χ2n) is 6.49. The van der Waals surface area contributed by atoms with E-state index in [-0.39, 0.29) is 26.5 Å². The molecule has 0 saturated heterocycles. The summed E-state index contributed by atoms with van der Waals surface area (Å²) in [7, 11) is -3.95. The Morgan fingerprint density at radius 2 is 1.84 bits per heavy atom. The lowest BCUT2D eigenvalue weighted by atomic mass is 10.1. The van der Waals surface area contributed by atoms with E-state index < -0.39 is 27.3 Å². The van der Waals surface area contributed by atoms with Crippen molar-refractivity contribution < 1.29 is 21.6 Å². The zero-order valence-corrected chi connectivity index (χ0v) is 18.2. The molecule has 8 nitrogen and oxygen atoms in total. The summed E-state index contributed by atoms with van der Waals surface area (Å²) in [5.74, 6) is -0.107. The van der Waals surface area contributed by atoms with Crippen molar-refractivity contribution in [3.05, 3.63) is 64.9 Å². The lowest BCUT2D eigenvalue weighted by molar-refractivity contribution is -0.137. The van der Waals surface area contributed by atoms with Crippen molar-refractivity contribution >= 4 is 38.6 Å². The topological polar surface area (TPSA) is 117 Å². The van der Waals surface area contributed by atoms with Crippen LogP contribution >= 0.6 is 22.9 Å². The van der Waals surface area contributed by atoms with E-state index in [1.807, 2.05) is 0 Å². The highest BCUT2D eigenvalue weighted by atomic mass is 35.5. The number of alkyl halides is 3. The molecule has 3 aromatic heterocycles. The van der Waals surface area contributed by atoms with E-state index in [0.29, 0.717) is 10.6 Å². The molecule has 4 rings (SSSR count). The highest BCUT2D eigenvalue weighted by Gasteiger charge is 2.30. The summed E-state index contributed by atoms with van der Waals surface area (Å²) in [5, 5.41) is 12.3. The van der Waals surface area contributed by atoms with Crippen LogP contribution in [0.5, 0.6) is 0 Å². The average Bonchev–Trinajstić information content (AvgIpc) is 3.35. The summed E-state index contributed by atoms with van der Waals surface area (Å²) in [5.41, 5.74) is 5.78. The molecule has 0 unspecified atom stereocenters. The monoisotopic (exact) mass is 500 g/mol. The molecule has 0 bridgehead atoms. The number of nitrogen functional groups attached to an aromatic ring is 1. The number of halogens is 4. The molecule has 166 valence electrons. The molecule has 0 aliphatic carbocycles. The van der Waals surface area contributed by atoms with Crippen molar-refractivity contribution in [3.63, 3.8) is 0 Å². The second kappa shape index (κ2) is 8.15. The highest BCUT2D eigenvalue weighted by Crippen LogP contribution is 2.33. The molecule has 0 aliphatic rings. The van der Waals surface area contributed by atoms with Gasteiger partial charge < -0.3 is 5.73 Å². The molecule has 3 heterocycles. The molecule has 0 aliphatic heterocycles. The van der Waals surface area contributed by atoms with Crippen LogP contribution < -0.4 is 5.73 Å². The van der Waals surface area contributed by atoms with E-state index in [4.69, 9.17) is 17.3 Å². The number of pyridine rings is 1. The predicted octanol–water partition coefficient (Wildman–Crippen LogP) is 4.01. The molecule has 0 atom stereocenters. The molecule has 0 amide bonds. The Morgan fingerprint density at radius 3 is 2.50 bits per heavy atom. The van der Waals surface area contributed by atoms with Crippen molar-refractivity contribution in [3.8, 4) is 16.4 Å². The Hall–Kier alpha value is -3.03. The fourth-order valence-corrected chi connectivity index (χ4v) is 5.38. The van der Waals surface area contributed by atoms with Gasteiger partial charge in [0.1, 0.15) is 5.82 Å². The van der Waals surface area contributed by atoms with E-state index in [1.165, 1.54) is 17.1 Å². The number of nitrogens with zero attached hydrogens (tertiary/aromatic N) is 5. The van der Waals surface area contributed by atoms with Gasteiger partial charge in [0, 0.05) is 6.20 Å². The molecule has 0 radical (unpaired) electrons. The van der Waals surface area contributed by atoms with Crippen LogP contribution in [-0.4, -0.2) is 33.4 Å². The van der Waals surface area contributed by atoms with Gasteiger partial charge in [0.15, 0.2) is 10.8 Å². The summed E-state index contributed by atoms with van der Waals surface area (Å²) < 4.78 is 64.4. The maximum absolute atomic E-state index is 12.7. The third kappa shape index (κ3) is 4.31. The average molecular weight is 501 g/mol. The van der Waals surface area contributed by atoms with Crippen molar-refractivity contribution in [1.82, 2.24) is 25.0 Å². The van der Waals surface area contributed by atoms with Crippen LogP contribution in [-0.2, 0) is 21.8 Å². The molecule has 0 saturated carbocycles. The fourth-order valence-electron chi connectivity index (χ4n) is 2.74. The van der Waals surface area contributed by atoms with Crippen LogP contribution in [0.1, 0.15) is 11.1 Å². The maximum atomic E-state index is 12.7. The zero-order valence-electron chi connectivity index (χ0n) is 15.8. The van der Waals surface area contributed by atoms with E-state index in [1.54, 1.807) is 12.1 Å². The van der Waals surface area contributed by atoms with Gasteiger partial charge in [-0.15, -0.1) is 10.2 Å². The third-order valence-corrected chi connectivity index (χ3v) is 7.67. The van der Waals surface area contributed by atoms with Crippen molar-refractivity contribution in [2.45, 2.75) is 16.3 Å². The van der Waals surface area contributed by atoms with Gasteiger partial charge in [0.25, 0.3) is 0 Å². The molecular weight excluding hydrogens is 489 g/mol. The Labute approximate surface area is 188 Å². The summed E-state index contributed by atoms with van der Waals surface area (Å²) >= 11 is 6.89. The van der Waals surface area contributed by atoms with Crippen molar-refractivity contribution in [2.75, 3.05) is 5.73 Å². The number of aromatic nitrogens is 5. The standard InChI is InChI=1S/C18H12ClF3N6O2S2/c19-13-2-1-7-24-15(13)28-14(23)12(8-25-28)16-26-27-17(31-16)32(29,30)9-10-3-5-11(6-4-10)18(20,21)22/h1-8H,9,23H2. The number of nitrogens with two attached hydrogens (primary N) is 1. The first kappa shape index (κ1) is 22.2. The summed E-state index contributed by atoms with van der Waals surface area (Å²) in [6, 6.07) is 7.14. The van der Waals surface area contributed by atoms with Gasteiger partial charge in [-0.3, -0.25) is 0 Å². The lowest BCUT2D eigenvalue weighted by Crippen LogP contribution is -2.07. The normalized spacial score (nSPS) is 12.2. The van der Waals surface area contributed by atoms with Crippen LogP contribution in [0.3, 0.4) is 0 Å². The van der Waals surface area contributed by atoms with Gasteiger partial charge in [-0.1, -0.05) is 35.1 Å². The number of hydrogen-bond acceptors (Lipinski definition) is 8. The first-order chi connectivity index (χ1) is 15.1. The minimum atomic E-state index is -4.50. The Kier molecular flexibility index (Phi) is 5.65. The lowest BCUT2D eigenvalue weighted by Gasteiger charge is -2.07. The molecule has 0 spiro atoms. The van der Waals surface area contributed by atoms with Gasteiger partial charge in [-0.05, 0) is 29.8 Å². The van der Waals surface area contributed by atoms with Crippen LogP contribution in [0.4, 0.5) is 19.0 Å². The number of sulfone groups is 1. The molecule has 1 aromatic carbocycles. The molecule has 2 N–H and O–H groups in total. The van der Waals surface area contributed by atoms with E-state index in [0.717, 1.165) is 35.6 Å². The number of rotatable bonds is 5. The predicted molar refractivity (Wildman–Crippen MR) is 112 cm³/mol. The van der Waals surface area contributed by atoms with E-state index in [9.17, 15) is 21.6 Å². The number of anilines is 1. The van der Waals surface area contributed by atoms with E-state index >= 15 is 0 Å². The van der Waals surface area contributed by atoms with Gasteiger partial charge in [0.2, 0.25) is 14.2 Å². The van der Waals surface area contributed by atoms with Crippen molar-refractivity contribution in [1.29, 1.82) is 0 Å². The summed E-state index contributed by atoms with van der Waals surface area (Å²) in [6.07, 6.45) is -1.61. The third-order valence-electron chi connectivity index (χ3n) is 4.29. The minimum absolute atomic E-state index is 0.133. The fraction of sp³-hybridized carbons (Fsp3) is 0.111. The number of hydrogen-bond donors (Lipinski definition) is 1. The Bertz CT molecular complexity index is 1380. The van der Waals surface area contributed by atoms with Crippen LogP contribution in [0, 0.1) is 0 Å². The Balaban J connectivity index is 1.59. The SMILES string of the molecule is Nc1c(-c2nnc(S(=O)(=O)Cc3ccc(C(F)(F)F)cc3)s2)cnn1-c1ncccc1Cl. The minimum Gasteiger partial charge on any atom is -0.383 e. The maximum Gasteiger partial charge on any atom is 0.416 e. The zero-order chi connectivity index (χ0) is 23.1. The van der Waals surface area contributed by atoms with Crippen LogP contribution in [0.25, 0.3) is 16.4 Å². The highest BCUT2D eigenvalue weighted by molar-refractivity contribution is 7.92. The first-order valence-electron chi connectivity index (χ1n) is 8.73. The van der Waals surface area contributed by atoms with Crippen molar-refractivity contribution in [2.24, 2.45) is 0 Å². The van der Waals surface area contributed by atoms with Gasteiger partial charge in [0.05, 0.1) is 28.1 Å². The van der Waals surface area contributed by atoms with Gasteiger partial charge in [-0.2, -0.15) is 23.0 Å². The quantitative estimate of drug-likeness (QED) is 0.440. The molecule has 0 fully saturated rings.